The molecule has 1 aromatic rings. The molecule has 0 amide bonds. The minimum absolute atomic E-state index is 0.148. The molecule has 1 aromatic heterocycles. The molecule has 1 saturated heterocycles. The van der Waals surface area contributed by atoms with E-state index in [2.05, 4.69) is 14.8 Å². The van der Waals surface area contributed by atoms with E-state index in [0.29, 0.717) is 6.54 Å². The third kappa shape index (κ3) is 4.49. The van der Waals surface area contributed by atoms with Crippen molar-refractivity contribution in [3.63, 3.8) is 0 Å². The molecule has 0 radical (unpaired) electrons. The smallest absolute Gasteiger partial charge is 0.305 e. The van der Waals surface area contributed by atoms with Crippen molar-refractivity contribution in [1.29, 1.82) is 0 Å². The van der Waals surface area contributed by atoms with E-state index in [1.165, 1.54) is 12.8 Å². The summed E-state index contributed by atoms with van der Waals surface area (Å²) in [5.41, 5.74) is 1.15. The lowest BCUT2D eigenvalue weighted by atomic mass is 10.2. The van der Waals surface area contributed by atoms with Gasteiger partial charge in [0.15, 0.2) is 0 Å². The van der Waals surface area contributed by atoms with Crippen LogP contribution < -0.4 is 4.90 Å². The fraction of sp³-hybridized carbons (Fsp3) is 0.600. The van der Waals surface area contributed by atoms with Crippen LogP contribution in [-0.4, -0.2) is 53.7 Å². The minimum Gasteiger partial charge on any atom is -0.481 e. The molecule has 0 spiro atoms. The largest absolute Gasteiger partial charge is 0.481 e. The first kappa shape index (κ1) is 14.8. The number of hydrogen-bond acceptors (Lipinski definition) is 4. The first-order chi connectivity index (χ1) is 9.65. The summed E-state index contributed by atoms with van der Waals surface area (Å²) in [6.07, 6.45) is 4.49. The van der Waals surface area contributed by atoms with Crippen LogP contribution in [-0.2, 0) is 4.79 Å². The van der Waals surface area contributed by atoms with E-state index in [9.17, 15) is 4.79 Å². The Morgan fingerprint density at radius 2 is 2.15 bits per heavy atom. The second-order valence-corrected chi connectivity index (χ2v) is 5.37. The van der Waals surface area contributed by atoms with Crippen molar-refractivity contribution in [1.82, 2.24) is 9.88 Å². The molecule has 0 atom stereocenters. The van der Waals surface area contributed by atoms with E-state index in [0.717, 1.165) is 37.6 Å². The molecule has 110 valence electrons. The number of carbonyl (C=O) groups is 1. The molecule has 1 aliphatic rings. The third-order valence-electron chi connectivity index (χ3n) is 3.71. The Kier molecular flexibility index (Phi) is 5.35. The zero-order valence-corrected chi connectivity index (χ0v) is 12.1. The summed E-state index contributed by atoms with van der Waals surface area (Å²) < 4.78 is 0. The van der Waals surface area contributed by atoms with E-state index in [4.69, 9.17) is 5.11 Å². The van der Waals surface area contributed by atoms with Gasteiger partial charge in [-0.15, -0.1) is 0 Å². The topological polar surface area (TPSA) is 56.7 Å². The highest BCUT2D eigenvalue weighted by Gasteiger charge is 2.15. The van der Waals surface area contributed by atoms with E-state index < -0.39 is 5.97 Å². The molecule has 5 heteroatoms. The number of pyridine rings is 1. The lowest BCUT2D eigenvalue weighted by Crippen LogP contribution is -2.35. The van der Waals surface area contributed by atoms with Crippen LogP contribution in [0.4, 0.5) is 5.82 Å². The Morgan fingerprint density at radius 3 is 2.80 bits per heavy atom. The Bertz CT molecular complexity index is 444. The van der Waals surface area contributed by atoms with Gasteiger partial charge in [0.25, 0.3) is 0 Å². The van der Waals surface area contributed by atoms with Crippen molar-refractivity contribution in [3.05, 3.63) is 23.9 Å². The number of nitrogens with zero attached hydrogens (tertiary/aromatic N) is 3. The number of rotatable bonds is 7. The molecule has 1 fully saturated rings. The fourth-order valence-corrected chi connectivity index (χ4v) is 2.53. The summed E-state index contributed by atoms with van der Waals surface area (Å²) in [5.74, 6) is 0.120. The molecule has 1 aliphatic heterocycles. The Morgan fingerprint density at radius 1 is 1.40 bits per heavy atom. The molecule has 0 aliphatic carbocycles. The number of aryl methyl sites for hydroxylation is 1. The van der Waals surface area contributed by atoms with Crippen LogP contribution in [0.25, 0.3) is 0 Å². The average Bonchev–Trinajstić information content (AvgIpc) is 2.91. The Hall–Kier alpha value is -1.62. The van der Waals surface area contributed by atoms with Crippen LogP contribution in [0, 0.1) is 6.92 Å². The van der Waals surface area contributed by atoms with E-state index in [1.807, 2.05) is 19.1 Å². The SMILES string of the molecule is Cc1ccnc(N(CCC(=O)O)CCN2CCCC2)c1. The predicted octanol–water partition coefficient (Wildman–Crippen LogP) is 1.77. The van der Waals surface area contributed by atoms with Crippen molar-refractivity contribution in [2.75, 3.05) is 37.6 Å². The standard InChI is InChI=1S/C15H23N3O2/c1-13-4-6-16-14(12-13)18(9-5-15(19)20)11-10-17-7-2-3-8-17/h4,6,12H,2-3,5,7-11H2,1H3,(H,19,20). The van der Waals surface area contributed by atoms with Gasteiger partial charge >= 0.3 is 5.97 Å². The first-order valence-corrected chi connectivity index (χ1v) is 7.27. The molecule has 0 bridgehead atoms. The quantitative estimate of drug-likeness (QED) is 0.823. The molecular weight excluding hydrogens is 254 g/mol. The molecule has 2 rings (SSSR count). The maximum absolute atomic E-state index is 10.8. The van der Waals surface area contributed by atoms with Gasteiger partial charge in [-0.05, 0) is 50.6 Å². The molecule has 1 N–H and O–H groups in total. The predicted molar refractivity (Wildman–Crippen MR) is 79.1 cm³/mol. The zero-order chi connectivity index (χ0) is 14.4. The van der Waals surface area contributed by atoms with Crippen molar-refractivity contribution < 1.29 is 9.90 Å². The fourth-order valence-electron chi connectivity index (χ4n) is 2.53. The van der Waals surface area contributed by atoms with Crippen molar-refractivity contribution >= 4 is 11.8 Å². The van der Waals surface area contributed by atoms with Gasteiger partial charge in [0.05, 0.1) is 6.42 Å². The zero-order valence-electron chi connectivity index (χ0n) is 12.1. The second-order valence-electron chi connectivity index (χ2n) is 5.37. The van der Waals surface area contributed by atoms with Crippen LogP contribution in [0.3, 0.4) is 0 Å². The second kappa shape index (κ2) is 7.24. The molecule has 20 heavy (non-hydrogen) atoms. The molecule has 2 heterocycles. The number of anilines is 1. The molecule has 0 aromatic carbocycles. The normalized spacial score (nSPS) is 15.4. The maximum atomic E-state index is 10.8. The molecule has 0 saturated carbocycles. The lowest BCUT2D eigenvalue weighted by molar-refractivity contribution is -0.136. The Labute approximate surface area is 120 Å². The van der Waals surface area contributed by atoms with Gasteiger partial charge < -0.3 is 14.9 Å². The van der Waals surface area contributed by atoms with Gasteiger partial charge in [-0.3, -0.25) is 4.79 Å². The molecule has 0 unspecified atom stereocenters. The van der Waals surface area contributed by atoms with Crippen LogP contribution in [0.1, 0.15) is 24.8 Å². The highest BCUT2D eigenvalue weighted by Crippen LogP contribution is 2.14. The summed E-state index contributed by atoms with van der Waals surface area (Å²) in [6, 6.07) is 3.98. The summed E-state index contributed by atoms with van der Waals surface area (Å²) in [7, 11) is 0. The van der Waals surface area contributed by atoms with E-state index >= 15 is 0 Å². The van der Waals surface area contributed by atoms with Crippen LogP contribution in [0.2, 0.25) is 0 Å². The Balaban J connectivity index is 1.97. The van der Waals surface area contributed by atoms with Crippen molar-refractivity contribution in [2.24, 2.45) is 0 Å². The third-order valence-corrected chi connectivity index (χ3v) is 3.71. The highest BCUT2D eigenvalue weighted by molar-refractivity contribution is 5.67. The van der Waals surface area contributed by atoms with Gasteiger partial charge in [0, 0.05) is 25.8 Å². The van der Waals surface area contributed by atoms with Gasteiger partial charge in [0.2, 0.25) is 0 Å². The minimum atomic E-state index is -0.760. The van der Waals surface area contributed by atoms with Gasteiger partial charge in [-0.1, -0.05) is 0 Å². The maximum Gasteiger partial charge on any atom is 0.305 e. The van der Waals surface area contributed by atoms with E-state index in [-0.39, 0.29) is 6.42 Å². The summed E-state index contributed by atoms with van der Waals surface area (Å²) >= 11 is 0. The molecular formula is C15H23N3O2. The van der Waals surface area contributed by atoms with Gasteiger partial charge in [-0.25, -0.2) is 4.98 Å². The monoisotopic (exact) mass is 277 g/mol. The number of aromatic nitrogens is 1. The number of aliphatic carboxylic acids is 1. The average molecular weight is 277 g/mol. The van der Waals surface area contributed by atoms with Crippen LogP contribution in [0.5, 0.6) is 0 Å². The van der Waals surface area contributed by atoms with Gasteiger partial charge in [-0.2, -0.15) is 0 Å². The van der Waals surface area contributed by atoms with Crippen molar-refractivity contribution in [2.45, 2.75) is 26.2 Å². The number of likely N-dealkylation sites (tertiary alicyclic amines) is 1. The van der Waals surface area contributed by atoms with Crippen LogP contribution in [0.15, 0.2) is 18.3 Å². The van der Waals surface area contributed by atoms with Gasteiger partial charge in [0.1, 0.15) is 5.82 Å². The number of hydrogen-bond donors (Lipinski definition) is 1. The van der Waals surface area contributed by atoms with Crippen LogP contribution >= 0.6 is 0 Å². The van der Waals surface area contributed by atoms with E-state index in [1.54, 1.807) is 6.20 Å². The summed E-state index contributed by atoms with van der Waals surface area (Å²) in [6.45, 7) is 6.68. The number of carboxylic acids is 1. The summed E-state index contributed by atoms with van der Waals surface area (Å²) in [4.78, 5) is 19.7. The highest BCUT2D eigenvalue weighted by atomic mass is 16.4. The number of carboxylic acid groups (broad SMARTS) is 1. The lowest BCUT2D eigenvalue weighted by Gasteiger charge is -2.26. The summed E-state index contributed by atoms with van der Waals surface area (Å²) in [5, 5.41) is 8.89. The first-order valence-electron chi connectivity index (χ1n) is 7.27. The molecule has 5 nitrogen and oxygen atoms in total. The van der Waals surface area contributed by atoms with Crippen molar-refractivity contribution in [3.8, 4) is 0 Å².